The molecule has 7 nitrogen and oxygen atoms in total. The Morgan fingerprint density at radius 3 is 2.72 bits per heavy atom. The lowest BCUT2D eigenvalue weighted by atomic mass is 9.90. The van der Waals surface area contributed by atoms with Crippen LogP contribution in [-0.2, 0) is 9.53 Å². The summed E-state index contributed by atoms with van der Waals surface area (Å²) in [6, 6.07) is 7.64. The van der Waals surface area contributed by atoms with Crippen molar-refractivity contribution in [1.82, 2.24) is 19.8 Å². The van der Waals surface area contributed by atoms with Gasteiger partial charge in [0.25, 0.3) is 0 Å². The summed E-state index contributed by atoms with van der Waals surface area (Å²) in [4.78, 5) is 25.8. The maximum atomic E-state index is 12.9. The van der Waals surface area contributed by atoms with Crippen molar-refractivity contribution in [3.63, 3.8) is 0 Å². The highest BCUT2D eigenvalue weighted by Gasteiger charge is 2.29. The zero-order valence-electron chi connectivity index (χ0n) is 16.4. The number of anilines is 1. The van der Waals surface area contributed by atoms with Crippen molar-refractivity contribution in [2.45, 2.75) is 18.8 Å². The van der Waals surface area contributed by atoms with Gasteiger partial charge in [-0.3, -0.25) is 9.69 Å². The number of hydrogen-bond acceptors (Lipinski definition) is 6. The molecular formula is C21H26ClN5O2. The molecule has 0 radical (unpaired) electrons. The molecule has 154 valence electrons. The number of ether oxygens (including phenoxy) is 1. The lowest BCUT2D eigenvalue weighted by Gasteiger charge is -2.35. The number of morpholine rings is 1. The van der Waals surface area contributed by atoms with Gasteiger partial charge in [-0.15, -0.1) is 0 Å². The van der Waals surface area contributed by atoms with Gasteiger partial charge in [0.05, 0.1) is 25.5 Å². The number of rotatable bonds is 4. The van der Waals surface area contributed by atoms with E-state index in [2.05, 4.69) is 14.9 Å². The third-order valence-electron chi connectivity index (χ3n) is 5.62. The van der Waals surface area contributed by atoms with E-state index < -0.39 is 0 Å². The fourth-order valence-corrected chi connectivity index (χ4v) is 4.18. The van der Waals surface area contributed by atoms with Gasteiger partial charge in [-0.1, -0.05) is 23.7 Å². The van der Waals surface area contributed by atoms with Crippen molar-refractivity contribution in [2.75, 3.05) is 51.7 Å². The quantitative estimate of drug-likeness (QED) is 0.825. The van der Waals surface area contributed by atoms with E-state index >= 15 is 0 Å². The van der Waals surface area contributed by atoms with Crippen LogP contribution in [0.1, 0.15) is 24.5 Å². The number of benzene rings is 1. The molecule has 3 heterocycles. The van der Waals surface area contributed by atoms with Crippen LogP contribution >= 0.6 is 11.6 Å². The highest BCUT2D eigenvalue weighted by atomic mass is 35.5. The van der Waals surface area contributed by atoms with Crippen LogP contribution < -0.4 is 5.73 Å². The summed E-state index contributed by atoms with van der Waals surface area (Å²) in [7, 11) is 0. The van der Waals surface area contributed by atoms with Gasteiger partial charge < -0.3 is 15.4 Å². The molecule has 0 spiro atoms. The second-order valence-electron chi connectivity index (χ2n) is 7.60. The number of halogens is 1. The summed E-state index contributed by atoms with van der Waals surface area (Å²) in [6.45, 7) is 4.91. The van der Waals surface area contributed by atoms with Gasteiger partial charge in [0, 0.05) is 48.9 Å². The van der Waals surface area contributed by atoms with E-state index in [4.69, 9.17) is 22.1 Å². The molecule has 2 aliphatic heterocycles. The molecule has 2 N–H and O–H groups in total. The Morgan fingerprint density at radius 1 is 1.21 bits per heavy atom. The first-order valence-electron chi connectivity index (χ1n) is 10.1. The molecule has 0 saturated carbocycles. The first-order chi connectivity index (χ1) is 14.1. The van der Waals surface area contributed by atoms with Crippen LogP contribution in [0.4, 0.5) is 5.95 Å². The molecule has 2 aromatic rings. The van der Waals surface area contributed by atoms with E-state index in [0.29, 0.717) is 31.3 Å². The number of likely N-dealkylation sites (tertiary alicyclic amines) is 1. The zero-order valence-corrected chi connectivity index (χ0v) is 17.1. The second-order valence-corrected chi connectivity index (χ2v) is 8.04. The Balaban J connectivity index is 1.52. The van der Waals surface area contributed by atoms with Crippen LogP contribution in [0.25, 0.3) is 11.1 Å². The van der Waals surface area contributed by atoms with E-state index in [1.807, 2.05) is 29.2 Å². The predicted molar refractivity (Wildman–Crippen MR) is 113 cm³/mol. The molecule has 0 bridgehead atoms. The fraction of sp³-hybridized carbons (Fsp3) is 0.476. The summed E-state index contributed by atoms with van der Waals surface area (Å²) in [6.07, 6.45) is 3.69. The van der Waals surface area contributed by atoms with Gasteiger partial charge in [-0.2, -0.15) is 0 Å². The number of nitrogens with two attached hydrogens (primary N) is 1. The minimum atomic E-state index is 0.133. The standard InChI is InChI=1S/C21H26ClN5O2/c22-17-5-3-15(4-6-17)18-12-24-21(23)25-20(18)16-2-1-7-27(13-16)19(28)14-26-8-10-29-11-9-26/h3-6,12,16H,1-2,7-11,13-14H2,(H2,23,24,25). The highest BCUT2D eigenvalue weighted by molar-refractivity contribution is 6.30. The molecule has 1 aromatic heterocycles. The summed E-state index contributed by atoms with van der Waals surface area (Å²) in [5.74, 6) is 0.564. The first-order valence-corrected chi connectivity index (χ1v) is 10.4. The van der Waals surface area contributed by atoms with E-state index in [1.165, 1.54) is 0 Å². The molecule has 2 aliphatic rings. The minimum absolute atomic E-state index is 0.133. The van der Waals surface area contributed by atoms with Crippen molar-refractivity contribution in [1.29, 1.82) is 0 Å². The van der Waals surface area contributed by atoms with Crippen molar-refractivity contribution in [3.05, 3.63) is 41.2 Å². The van der Waals surface area contributed by atoms with Gasteiger partial charge in [-0.25, -0.2) is 9.97 Å². The van der Waals surface area contributed by atoms with Gasteiger partial charge >= 0.3 is 0 Å². The van der Waals surface area contributed by atoms with Gasteiger partial charge in [-0.05, 0) is 30.5 Å². The number of aromatic nitrogens is 2. The van der Waals surface area contributed by atoms with Crippen LogP contribution in [0.15, 0.2) is 30.5 Å². The first kappa shape index (κ1) is 20.1. The lowest BCUT2D eigenvalue weighted by Crippen LogP contribution is -2.47. The Morgan fingerprint density at radius 2 is 1.97 bits per heavy atom. The third kappa shape index (κ3) is 4.86. The van der Waals surface area contributed by atoms with Crippen LogP contribution in [-0.4, -0.2) is 71.6 Å². The van der Waals surface area contributed by atoms with Crippen LogP contribution in [0.3, 0.4) is 0 Å². The number of nitrogen functional groups attached to an aromatic ring is 1. The summed E-state index contributed by atoms with van der Waals surface area (Å²) in [5.41, 5.74) is 8.77. The van der Waals surface area contributed by atoms with E-state index in [9.17, 15) is 4.79 Å². The smallest absolute Gasteiger partial charge is 0.236 e. The second kappa shape index (κ2) is 9.07. The largest absolute Gasteiger partial charge is 0.379 e. The zero-order chi connectivity index (χ0) is 20.2. The molecule has 1 atom stereocenters. The number of carbonyl (C=O) groups is 1. The minimum Gasteiger partial charge on any atom is -0.379 e. The summed E-state index contributed by atoms with van der Waals surface area (Å²) >= 11 is 6.04. The van der Waals surface area contributed by atoms with Crippen LogP contribution in [0.2, 0.25) is 5.02 Å². The maximum Gasteiger partial charge on any atom is 0.236 e. The number of piperidine rings is 1. The van der Waals surface area contributed by atoms with Crippen LogP contribution in [0.5, 0.6) is 0 Å². The molecule has 2 saturated heterocycles. The van der Waals surface area contributed by atoms with Crippen LogP contribution in [0, 0.1) is 0 Å². The van der Waals surface area contributed by atoms with Gasteiger partial charge in [0.2, 0.25) is 11.9 Å². The molecule has 1 aromatic carbocycles. The SMILES string of the molecule is Nc1ncc(-c2ccc(Cl)cc2)c(C2CCCN(C(=O)CN3CCOCC3)C2)n1. The van der Waals surface area contributed by atoms with Crippen molar-refractivity contribution >= 4 is 23.5 Å². The summed E-state index contributed by atoms with van der Waals surface area (Å²) < 4.78 is 5.37. The number of nitrogens with zero attached hydrogens (tertiary/aromatic N) is 4. The van der Waals surface area contributed by atoms with Gasteiger partial charge in [0.1, 0.15) is 0 Å². The third-order valence-corrected chi connectivity index (χ3v) is 5.87. The lowest BCUT2D eigenvalue weighted by molar-refractivity contribution is -0.134. The Kier molecular flexibility index (Phi) is 6.28. The van der Waals surface area contributed by atoms with Crippen molar-refractivity contribution in [2.24, 2.45) is 0 Å². The maximum absolute atomic E-state index is 12.9. The molecule has 4 rings (SSSR count). The Labute approximate surface area is 175 Å². The average Bonchev–Trinajstić information content (AvgIpc) is 2.75. The number of hydrogen-bond donors (Lipinski definition) is 1. The summed E-state index contributed by atoms with van der Waals surface area (Å²) in [5, 5.41) is 0.684. The molecule has 8 heteroatoms. The van der Waals surface area contributed by atoms with Crippen molar-refractivity contribution < 1.29 is 9.53 Å². The predicted octanol–water partition coefficient (Wildman–Crippen LogP) is 2.42. The number of amides is 1. The van der Waals surface area contributed by atoms with Crippen molar-refractivity contribution in [3.8, 4) is 11.1 Å². The average molecular weight is 416 g/mol. The Bertz CT molecular complexity index is 855. The van der Waals surface area contributed by atoms with E-state index in [0.717, 1.165) is 49.3 Å². The molecule has 29 heavy (non-hydrogen) atoms. The topological polar surface area (TPSA) is 84.6 Å². The fourth-order valence-electron chi connectivity index (χ4n) is 4.05. The highest BCUT2D eigenvalue weighted by Crippen LogP contribution is 2.33. The normalized spacial score (nSPS) is 20.6. The van der Waals surface area contributed by atoms with Gasteiger partial charge in [0.15, 0.2) is 0 Å². The molecule has 1 unspecified atom stereocenters. The van der Waals surface area contributed by atoms with E-state index in [-0.39, 0.29) is 17.8 Å². The molecule has 0 aliphatic carbocycles. The monoisotopic (exact) mass is 415 g/mol. The molecule has 2 fully saturated rings. The molecule has 1 amide bonds. The Hall–Kier alpha value is -2.22. The number of carbonyl (C=O) groups excluding carboxylic acids is 1. The molecular weight excluding hydrogens is 390 g/mol. The van der Waals surface area contributed by atoms with E-state index in [1.54, 1.807) is 6.20 Å².